The number of nitrogens with zero attached hydrogens (tertiary/aromatic N) is 1. The van der Waals surface area contributed by atoms with Crippen LogP contribution in [0.15, 0.2) is 27.8 Å². The Morgan fingerprint density at radius 2 is 2.45 bits per heavy atom. The second kappa shape index (κ2) is 10.4. The van der Waals surface area contributed by atoms with Crippen molar-refractivity contribution >= 4 is 41.7 Å². The molecular weight excluding hydrogens is 385 g/mol. The molecule has 6 heteroatoms. The molecule has 2 heterocycles. The molecule has 0 aromatic carbocycles. The normalized spacial score (nSPS) is 19.2. The first-order chi connectivity index (χ1) is 9.38. The molecule has 0 aliphatic carbocycles. The van der Waals surface area contributed by atoms with Crippen LogP contribution in [0.4, 0.5) is 0 Å². The van der Waals surface area contributed by atoms with Gasteiger partial charge in [0.1, 0.15) is 5.76 Å². The van der Waals surface area contributed by atoms with Crippen molar-refractivity contribution < 1.29 is 4.42 Å². The SMILES string of the molecule is CCNC(=NCCc1ccco1)NC1CCCSC1.I. The zero-order chi connectivity index (χ0) is 13.3. The molecule has 1 atom stereocenters. The highest BCUT2D eigenvalue weighted by molar-refractivity contribution is 14.0. The summed E-state index contributed by atoms with van der Waals surface area (Å²) in [6.07, 6.45) is 5.11. The quantitative estimate of drug-likeness (QED) is 0.446. The van der Waals surface area contributed by atoms with E-state index in [1.165, 1.54) is 24.3 Å². The molecule has 0 radical (unpaired) electrons. The van der Waals surface area contributed by atoms with Crippen LogP contribution in [0.1, 0.15) is 25.5 Å². The van der Waals surface area contributed by atoms with Gasteiger partial charge in [0.25, 0.3) is 0 Å². The Morgan fingerprint density at radius 1 is 1.55 bits per heavy atom. The van der Waals surface area contributed by atoms with Crippen LogP contribution in [0.3, 0.4) is 0 Å². The van der Waals surface area contributed by atoms with Crippen LogP contribution in [0, 0.1) is 0 Å². The Bertz CT molecular complexity index is 378. The summed E-state index contributed by atoms with van der Waals surface area (Å²) in [6, 6.07) is 4.47. The van der Waals surface area contributed by atoms with Gasteiger partial charge in [0.2, 0.25) is 0 Å². The smallest absolute Gasteiger partial charge is 0.191 e. The molecule has 0 spiro atoms. The molecule has 1 saturated heterocycles. The standard InChI is InChI=1S/C14H23N3OS.HI/c1-2-15-14(17-12-5-4-10-19-11-12)16-8-7-13-6-3-9-18-13;/h3,6,9,12H,2,4-5,7-8,10-11H2,1H3,(H2,15,16,17);1H. The molecular formula is C14H24IN3OS. The van der Waals surface area contributed by atoms with Gasteiger partial charge in [-0.3, -0.25) is 4.99 Å². The molecule has 4 nitrogen and oxygen atoms in total. The molecule has 1 aromatic rings. The highest BCUT2D eigenvalue weighted by Gasteiger charge is 2.14. The summed E-state index contributed by atoms with van der Waals surface area (Å²) >= 11 is 2.02. The van der Waals surface area contributed by atoms with E-state index in [9.17, 15) is 0 Å². The Morgan fingerprint density at radius 3 is 3.10 bits per heavy atom. The fraction of sp³-hybridized carbons (Fsp3) is 0.643. The van der Waals surface area contributed by atoms with Gasteiger partial charge in [-0.1, -0.05) is 0 Å². The lowest BCUT2D eigenvalue weighted by molar-refractivity contribution is 0.510. The lowest BCUT2D eigenvalue weighted by atomic mass is 10.2. The second-order valence-electron chi connectivity index (χ2n) is 4.65. The number of thioether (sulfide) groups is 1. The molecule has 114 valence electrons. The molecule has 1 aliphatic heterocycles. The first-order valence-corrected chi connectivity index (χ1v) is 8.19. The van der Waals surface area contributed by atoms with Gasteiger partial charge < -0.3 is 15.1 Å². The molecule has 0 amide bonds. The summed E-state index contributed by atoms with van der Waals surface area (Å²) in [4.78, 5) is 4.61. The van der Waals surface area contributed by atoms with Gasteiger partial charge in [-0.15, -0.1) is 24.0 Å². The number of aliphatic imine (C=N–C) groups is 1. The second-order valence-corrected chi connectivity index (χ2v) is 5.80. The zero-order valence-corrected chi connectivity index (χ0v) is 15.1. The van der Waals surface area contributed by atoms with E-state index in [0.29, 0.717) is 6.04 Å². The average molecular weight is 409 g/mol. The van der Waals surface area contributed by atoms with E-state index in [1.807, 2.05) is 23.9 Å². The van der Waals surface area contributed by atoms with E-state index < -0.39 is 0 Å². The van der Waals surface area contributed by atoms with Crippen molar-refractivity contribution in [1.29, 1.82) is 0 Å². The number of halogens is 1. The predicted molar refractivity (Wildman–Crippen MR) is 97.3 cm³/mol. The molecule has 20 heavy (non-hydrogen) atoms. The fourth-order valence-electron chi connectivity index (χ4n) is 2.10. The van der Waals surface area contributed by atoms with Gasteiger partial charge in [-0.25, -0.2) is 0 Å². The lowest BCUT2D eigenvalue weighted by Crippen LogP contribution is -2.45. The summed E-state index contributed by atoms with van der Waals surface area (Å²) in [5, 5.41) is 6.83. The third-order valence-electron chi connectivity index (χ3n) is 3.05. The van der Waals surface area contributed by atoms with E-state index in [0.717, 1.165) is 31.2 Å². The largest absolute Gasteiger partial charge is 0.469 e. The van der Waals surface area contributed by atoms with E-state index in [-0.39, 0.29) is 24.0 Å². The molecule has 1 aliphatic rings. The maximum atomic E-state index is 5.31. The molecule has 1 aromatic heterocycles. The van der Waals surface area contributed by atoms with Gasteiger partial charge in [0, 0.05) is 31.3 Å². The average Bonchev–Trinajstić information content (AvgIpc) is 2.93. The van der Waals surface area contributed by atoms with Crippen LogP contribution in [0.25, 0.3) is 0 Å². The topological polar surface area (TPSA) is 49.6 Å². The number of guanidine groups is 1. The number of rotatable bonds is 5. The summed E-state index contributed by atoms with van der Waals surface area (Å²) in [7, 11) is 0. The van der Waals surface area contributed by atoms with Crippen molar-refractivity contribution in [3.8, 4) is 0 Å². The highest BCUT2D eigenvalue weighted by atomic mass is 127. The van der Waals surface area contributed by atoms with Crippen LogP contribution >= 0.6 is 35.7 Å². The minimum absolute atomic E-state index is 0. The Kier molecular flexibility index (Phi) is 9.17. The minimum atomic E-state index is 0. The van der Waals surface area contributed by atoms with Gasteiger partial charge in [-0.05, 0) is 37.7 Å². The van der Waals surface area contributed by atoms with Crippen LogP contribution in [0.5, 0.6) is 0 Å². The molecule has 2 rings (SSSR count). The Balaban J connectivity index is 0.00000200. The van der Waals surface area contributed by atoms with Crippen molar-refractivity contribution in [3.63, 3.8) is 0 Å². The highest BCUT2D eigenvalue weighted by Crippen LogP contribution is 2.16. The third kappa shape index (κ3) is 6.39. The van der Waals surface area contributed by atoms with E-state index in [4.69, 9.17) is 4.42 Å². The number of nitrogens with one attached hydrogen (secondary N) is 2. The van der Waals surface area contributed by atoms with Crippen molar-refractivity contribution in [3.05, 3.63) is 24.2 Å². The first kappa shape index (κ1) is 17.7. The third-order valence-corrected chi connectivity index (χ3v) is 4.27. The molecule has 1 fully saturated rings. The summed E-state index contributed by atoms with van der Waals surface area (Å²) in [5.41, 5.74) is 0. The summed E-state index contributed by atoms with van der Waals surface area (Å²) < 4.78 is 5.31. The van der Waals surface area contributed by atoms with Crippen LogP contribution in [0.2, 0.25) is 0 Å². The van der Waals surface area contributed by atoms with Gasteiger partial charge in [0.15, 0.2) is 5.96 Å². The maximum Gasteiger partial charge on any atom is 0.191 e. The molecule has 0 saturated carbocycles. The van der Waals surface area contributed by atoms with E-state index in [2.05, 4.69) is 22.5 Å². The molecule has 1 unspecified atom stereocenters. The minimum Gasteiger partial charge on any atom is -0.469 e. The zero-order valence-electron chi connectivity index (χ0n) is 11.9. The molecule has 0 bridgehead atoms. The van der Waals surface area contributed by atoms with Crippen LogP contribution in [-0.2, 0) is 6.42 Å². The monoisotopic (exact) mass is 409 g/mol. The number of hydrogen-bond acceptors (Lipinski definition) is 3. The van der Waals surface area contributed by atoms with Crippen molar-refractivity contribution in [2.75, 3.05) is 24.6 Å². The van der Waals surface area contributed by atoms with Crippen molar-refractivity contribution in [2.24, 2.45) is 4.99 Å². The van der Waals surface area contributed by atoms with Gasteiger partial charge >= 0.3 is 0 Å². The summed E-state index contributed by atoms with van der Waals surface area (Å²) in [5.74, 6) is 4.40. The summed E-state index contributed by atoms with van der Waals surface area (Å²) in [6.45, 7) is 3.74. The van der Waals surface area contributed by atoms with Crippen molar-refractivity contribution in [1.82, 2.24) is 10.6 Å². The number of furan rings is 1. The van der Waals surface area contributed by atoms with Gasteiger partial charge in [-0.2, -0.15) is 11.8 Å². The number of hydrogen-bond donors (Lipinski definition) is 2. The predicted octanol–water partition coefficient (Wildman–Crippen LogP) is 2.89. The van der Waals surface area contributed by atoms with E-state index >= 15 is 0 Å². The van der Waals surface area contributed by atoms with Crippen molar-refractivity contribution in [2.45, 2.75) is 32.2 Å². The Hall–Kier alpha value is -0.370. The van der Waals surface area contributed by atoms with Gasteiger partial charge in [0.05, 0.1) is 6.26 Å². The van der Waals surface area contributed by atoms with Crippen LogP contribution in [-0.4, -0.2) is 36.6 Å². The Labute approximate surface area is 142 Å². The molecule has 2 N–H and O–H groups in total. The fourth-order valence-corrected chi connectivity index (χ4v) is 3.17. The lowest BCUT2D eigenvalue weighted by Gasteiger charge is -2.24. The van der Waals surface area contributed by atoms with E-state index in [1.54, 1.807) is 6.26 Å². The van der Waals surface area contributed by atoms with Crippen LogP contribution < -0.4 is 10.6 Å². The first-order valence-electron chi connectivity index (χ1n) is 7.03. The maximum absolute atomic E-state index is 5.31.